The van der Waals surface area contributed by atoms with Crippen LogP contribution < -0.4 is 11.1 Å². The Bertz CT molecular complexity index is 431. The number of carbonyl (C=O) groups is 1. The van der Waals surface area contributed by atoms with Crippen molar-refractivity contribution in [1.29, 1.82) is 0 Å². The van der Waals surface area contributed by atoms with Crippen molar-refractivity contribution in [1.82, 2.24) is 5.32 Å². The second kappa shape index (κ2) is 9.80. The molecule has 1 aromatic carbocycles. The first-order valence-electron chi connectivity index (χ1n) is 7.81. The van der Waals surface area contributed by atoms with Gasteiger partial charge in [0.25, 0.3) is 0 Å². The first-order chi connectivity index (χ1) is 10.1. The third-order valence-corrected chi connectivity index (χ3v) is 4.01. The topological polar surface area (TPSA) is 55.1 Å². The largest absolute Gasteiger partial charge is 0.350 e. The van der Waals surface area contributed by atoms with E-state index in [0.717, 1.165) is 31.2 Å². The summed E-state index contributed by atoms with van der Waals surface area (Å²) in [5.41, 5.74) is 6.65. The van der Waals surface area contributed by atoms with E-state index >= 15 is 0 Å². The number of halogens is 1. The number of benzene rings is 1. The Labute approximate surface area is 133 Å². The summed E-state index contributed by atoms with van der Waals surface area (Å²) < 4.78 is 0. The monoisotopic (exact) mass is 310 g/mol. The molecule has 0 aromatic heterocycles. The summed E-state index contributed by atoms with van der Waals surface area (Å²) in [6.07, 6.45) is 4.78. The molecule has 3 N–H and O–H groups in total. The third-order valence-electron chi connectivity index (χ3n) is 3.78. The van der Waals surface area contributed by atoms with E-state index in [1.54, 1.807) is 0 Å². The number of rotatable bonds is 9. The van der Waals surface area contributed by atoms with Crippen LogP contribution in [0.15, 0.2) is 24.3 Å². The van der Waals surface area contributed by atoms with Gasteiger partial charge in [0.05, 0.1) is 6.04 Å². The molecule has 2 atom stereocenters. The van der Waals surface area contributed by atoms with Gasteiger partial charge in [0, 0.05) is 11.4 Å². The lowest BCUT2D eigenvalue weighted by molar-refractivity contribution is -0.122. The number of nitrogens with one attached hydrogen (secondary N) is 1. The SMILES string of the molecule is CCCC(CCN)CCC(=O)N[C@@H](C)c1cccc(Cl)c1. The van der Waals surface area contributed by atoms with Crippen LogP contribution in [0.5, 0.6) is 0 Å². The van der Waals surface area contributed by atoms with E-state index in [9.17, 15) is 4.79 Å². The van der Waals surface area contributed by atoms with Crippen LogP contribution in [-0.4, -0.2) is 12.5 Å². The lowest BCUT2D eigenvalue weighted by Gasteiger charge is -2.17. The highest BCUT2D eigenvalue weighted by molar-refractivity contribution is 6.30. The van der Waals surface area contributed by atoms with Crippen LogP contribution in [0.4, 0.5) is 0 Å². The summed E-state index contributed by atoms with van der Waals surface area (Å²) in [5.74, 6) is 0.660. The van der Waals surface area contributed by atoms with Gasteiger partial charge in [0.15, 0.2) is 0 Å². The number of hydrogen-bond acceptors (Lipinski definition) is 2. The maximum absolute atomic E-state index is 12.0. The van der Waals surface area contributed by atoms with E-state index in [1.165, 1.54) is 0 Å². The maximum Gasteiger partial charge on any atom is 0.220 e. The average molecular weight is 311 g/mol. The van der Waals surface area contributed by atoms with Crippen LogP contribution in [0.3, 0.4) is 0 Å². The normalized spacial score (nSPS) is 13.7. The predicted molar refractivity (Wildman–Crippen MR) is 89.3 cm³/mol. The van der Waals surface area contributed by atoms with Gasteiger partial charge in [-0.3, -0.25) is 4.79 Å². The third kappa shape index (κ3) is 6.96. The molecule has 0 heterocycles. The average Bonchev–Trinajstić information content (AvgIpc) is 2.45. The molecule has 0 saturated heterocycles. The zero-order valence-corrected chi connectivity index (χ0v) is 13.8. The van der Waals surface area contributed by atoms with E-state index in [4.69, 9.17) is 17.3 Å². The molecule has 0 bridgehead atoms. The first kappa shape index (κ1) is 18.0. The Morgan fingerprint density at radius 2 is 2.10 bits per heavy atom. The molecular weight excluding hydrogens is 284 g/mol. The first-order valence-corrected chi connectivity index (χ1v) is 8.19. The summed E-state index contributed by atoms with van der Waals surface area (Å²) in [7, 11) is 0. The van der Waals surface area contributed by atoms with Gasteiger partial charge in [0.1, 0.15) is 0 Å². The molecule has 118 valence electrons. The van der Waals surface area contributed by atoms with Crippen LogP contribution in [0.1, 0.15) is 57.6 Å². The minimum absolute atomic E-state index is 0.0182. The molecule has 1 amide bonds. The fraction of sp³-hybridized carbons (Fsp3) is 0.588. The minimum atomic E-state index is -0.0182. The Hall–Kier alpha value is -1.06. The lowest BCUT2D eigenvalue weighted by atomic mass is 9.94. The number of nitrogens with two attached hydrogens (primary N) is 1. The number of hydrogen-bond donors (Lipinski definition) is 2. The van der Waals surface area contributed by atoms with Gasteiger partial charge in [-0.1, -0.05) is 43.5 Å². The van der Waals surface area contributed by atoms with Crippen molar-refractivity contribution >= 4 is 17.5 Å². The lowest BCUT2D eigenvalue weighted by Crippen LogP contribution is -2.27. The zero-order valence-electron chi connectivity index (χ0n) is 13.1. The molecule has 1 unspecified atom stereocenters. The van der Waals surface area contributed by atoms with Gasteiger partial charge >= 0.3 is 0 Å². The van der Waals surface area contributed by atoms with Crippen molar-refractivity contribution in [2.45, 2.75) is 52.0 Å². The molecule has 1 rings (SSSR count). The van der Waals surface area contributed by atoms with Crippen molar-refractivity contribution in [3.05, 3.63) is 34.9 Å². The Balaban J connectivity index is 2.42. The second-order valence-corrected chi connectivity index (χ2v) is 6.05. The molecule has 0 radical (unpaired) electrons. The summed E-state index contributed by atoms with van der Waals surface area (Å²) in [6, 6.07) is 7.59. The minimum Gasteiger partial charge on any atom is -0.350 e. The Morgan fingerprint density at radius 1 is 1.33 bits per heavy atom. The van der Waals surface area contributed by atoms with Crippen molar-refractivity contribution in [2.24, 2.45) is 11.7 Å². The Morgan fingerprint density at radius 3 is 2.71 bits per heavy atom. The van der Waals surface area contributed by atoms with Crippen LogP contribution in [-0.2, 0) is 4.79 Å². The van der Waals surface area contributed by atoms with Gasteiger partial charge in [-0.25, -0.2) is 0 Å². The van der Waals surface area contributed by atoms with Crippen molar-refractivity contribution in [3.63, 3.8) is 0 Å². The number of amides is 1. The molecule has 0 aliphatic heterocycles. The quantitative estimate of drug-likeness (QED) is 0.722. The van der Waals surface area contributed by atoms with E-state index in [0.29, 0.717) is 23.9 Å². The van der Waals surface area contributed by atoms with Crippen molar-refractivity contribution in [2.75, 3.05) is 6.54 Å². The van der Waals surface area contributed by atoms with Gasteiger partial charge in [0.2, 0.25) is 5.91 Å². The highest BCUT2D eigenvalue weighted by Crippen LogP contribution is 2.19. The molecule has 0 aliphatic rings. The van der Waals surface area contributed by atoms with Crippen molar-refractivity contribution < 1.29 is 4.79 Å². The van der Waals surface area contributed by atoms with Gasteiger partial charge in [-0.2, -0.15) is 0 Å². The van der Waals surface area contributed by atoms with E-state index in [-0.39, 0.29) is 11.9 Å². The highest BCUT2D eigenvalue weighted by atomic mass is 35.5. The van der Waals surface area contributed by atoms with Crippen LogP contribution in [0.2, 0.25) is 5.02 Å². The number of carbonyl (C=O) groups excluding carboxylic acids is 1. The van der Waals surface area contributed by atoms with Crippen molar-refractivity contribution in [3.8, 4) is 0 Å². The fourth-order valence-corrected chi connectivity index (χ4v) is 2.78. The summed E-state index contributed by atoms with van der Waals surface area (Å²) in [5, 5.41) is 3.73. The van der Waals surface area contributed by atoms with E-state index in [2.05, 4.69) is 12.2 Å². The van der Waals surface area contributed by atoms with E-state index < -0.39 is 0 Å². The van der Waals surface area contributed by atoms with Gasteiger partial charge in [-0.05, 0) is 49.9 Å². The van der Waals surface area contributed by atoms with E-state index in [1.807, 2.05) is 31.2 Å². The molecular formula is C17H27ClN2O. The summed E-state index contributed by atoms with van der Waals surface area (Å²) in [4.78, 5) is 12.0. The Kier molecular flexibility index (Phi) is 8.40. The molecule has 1 aromatic rings. The fourth-order valence-electron chi connectivity index (χ4n) is 2.59. The molecule has 21 heavy (non-hydrogen) atoms. The second-order valence-electron chi connectivity index (χ2n) is 5.61. The van der Waals surface area contributed by atoms with Crippen LogP contribution >= 0.6 is 11.6 Å². The van der Waals surface area contributed by atoms with Crippen LogP contribution in [0, 0.1) is 5.92 Å². The molecule has 4 heteroatoms. The van der Waals surface area contributed by atoms with Gasteiger partial charge in [-0.15, -0.1) is 0 Å². The molecule has 3 nitrogen and oxygen atoms in total. The maximum atomic E-state index is 12.0. The predicted octanol–water partition coefficient (Wildman–Crippen LogP) is 4.06. The molecule has 0 aliphatic carbocycles. The summed E-state index contributed by atoms with van der Waals surface area (Å²) >= 11 is 5.97. The smallest absolute Gasteiger partial charge is 0.220 e. The molecule has 0 spiro atoms. The van der Waals surface area contributed by atoms with Crippen LogP contribution in [0.25, 0.3) is 0 Å². The molecule has 0 saturated carbocycles. The van der Waals surface area contributed by atoms with Gasteiger partial charge < -0.3 is 11.1 Å². The zero-order chi connectivity index (χ0) is 15.7. The molecule has 0 fully saturated rings. The standard InChI is InChI=1S/C17H27ClN2O/c1-3-5-14(10-11-19)8-9-17(21)20-13(2)15-6-4-7-16(18)12-15/h4,6-7,12-14H,3,5,8-11,19H2,1-2H3,(H,20,21)/t13-,14?/m0/s1. The summed E-state index contributed by atoms with van der Waals surface area (Å²) in [6.45, 7) is 4.85. The highest BCUT2D eigenvalue weighted by Gasteiger charge is 2.13.